The molecule has 112 valence electrons. The van der Waals surface area contributed by atoms with E-state index >= 15 is 0 Å². The summed E-state index contributed by atoms with van der Waals surface area (Å²) in [6.07, 6.45) is -1.99. The maximum atomic E-state index is 13.0. The molecule has 0 spiro atoms. The number of hydrogen-bond donors (Lipinski definition) is 2. The van der Waals surface area contributed by atoms with E-state index in [0.717, 1.165) is 6.42 Å². The summed E-state index contributed by atoms with van der Waals surface area (Å²) in [5.41, 5.74) is 0.638. The Morgan fingerprint density at radius 3 is 2.50 bits per heavy atom. The number of halogens is 3. The fraction of sp³-hybridized carbons (Fsp3) is 0.600. The van der Waals surface area contributed by atoms with Crippen LogP contribution < -0.4 is 5.32 Å². The quantitative estimate of drug-likeness (QED) is 0.874. The van der Waals surface area contributed by atoms with Crippen LogP contribution in [-0.4, -0.2) is 17.3 Å². The number of aromatic hydroxyl groups is 1. The van der Waals surface area contributed by atoms with Crippen LogP contribution >= 0.6 is 0 Å². The molecule has 3 atom stereocenters. The van der Waals surface area contributed by atoms with E-state index < -0.39 is 18.1 Å². The van der Waals surface area contributed by atoms with Crippen LogP contribution in [0.2, 0.25) is 0 Å². The van der Waals surface area contributed by atoms with Crippen molar-refractivity contribution in [3.05, 3.63) is 29.8 Å². The Bertz CT molecular complexity index is 447. The van der Waals surface area contributed by atoms with Gasteiger partial charge in [0.15, 0.2) is 0 Å². The molecule has 5 heteroatoms. The highest BCUT2D eigenvalue weighted by Crippen LogP contribution is 2.39. The summed E-state index contributed by atoms with van der Waals surface area (Å²) in [7, 11) is 0. The third-order valence-corrected chi connectivity index (χ3v) is 4.05. The fourth-order valence-corrected chi connectivity index (χ4v) is 2.99. The van der Waals surface area contributed by atoms with Crippen molar-refractivity contribution in [2.45, 2.75) is 50.9 Å². The highest BCUT2D eigenvalue weighted by molar-refractivity contribution is 5.34. The van der Waals surface area contributed by atoms with Crippen LogP contribution in [0.5, 0.6) is 5.75 Å². The molecule has 1 fully saturated rings. The van der Waals surface area contributed by atoms with Gasteiger partial charge in [0.05, 0.1) is 5.92 Å². The predicted molar refractivity (Wildman–Crippen MR) is 71.5 cm³/mol. The minimum absolute atomic E-state index is 0.117. The van der Waals surface area contributed by atoms with Gasteiger partial charge in [-0.05, 0) is 25.8 Å². The Morgan fingerprint density at radius 1 is 1.20 bits per heavy atom. The van der Waals surface area contributed by atoms with Crippen molar-refractivity contribution in [2.75, 3.05) is 0 Å². The molecular weight excluding hydrogens is 267 g/mol. The van der Waals surface area contributed by atoms with Gasteiger partial charge in [0, 0.05) is 17.6 Å². The zero-order valence-electron chi connectivity index (χ0n) is 11.5. The third-order valence-electron chi connectivity index (χ3n) is 4.05. The molecule has 2 nitrogen and oxygen atoms in total. The molecule has 0 aliphatic heterocycles. The topological polar surface area (TPSA) is 32.3 Å². The Labute approximate surface area is 117 Å². The van der Waals surface area contributed by atoms with E-state index in [1.165, 1.54) is 0 Å². The standard InChI is InChI=1S/C15H20F3NO/c1-10(11-6-2-5-9-14(11)20)19-13-8-4-3-7-12(13)15(16,17)18/h2,5-6,9-10,12-13,19-20H,3-4,7-8H2,1H3. The van der Waals surface area contributed by atoms with Gasteiger partial charge >= 0.3 is 6.18 Å². The molecule has 2 N–H and O–H groups in total. The van der Waals surface area contributed by atoms with Crippen molar-refractivity contribution in [3.8, 4) is 5.75 Å². The first-order chi connectivity index (χ1) is 9.39. The third kappa shape index (κ3) is 3.45. The van der Waals surface area contributed by atoms with Crippen LogP contribution in [0.4, 0.5) is 13.2 Å². The van der Waals surface area contributed by atoms with Crippen LogP contribution in [0.3, 0.4) is 0 Å². The number of phenolic OH excluding ortho intramolecular Hbond substituents is 1. The minimum atomic E-state index is -4.16. The molecular formula is C15H20F3NO. The number of phenols is 1. The molecule has 0 amide bonds. The van der Waals surface area contributed by atoms with Gasteiger partial charge in [0.25, 0.3) is 0 Å². The number of benzene rings is 1. The molecule has 1 aliphatic rings. The zero-order chi connectivity index (χ0) is 14.8. The second-order valence-electron chi connectivity index (χ2n) is 5.49. The number of hydrogen-bond acceptors (Lipinski definition) is 2. The van der Waals surface area contributed by atoms with Crippen LogP contribution in [0.25, 0.3) is 0 Å². The molecule has 20 heavy (non-hydrogen) atoms. The summed E-state index contributed by atoms with van der Waals surface area (Å²) in [6, 6.07) is 5.89. The smallest absolute Gasteiger partial charge is 0.393 e. The highest BCUT2D eigenvalue weighted by Gasteiger charge is 2.45. The van der Waals surface area contributed by atoms with Crippen molar-refractivity contribution >= 4 is 0 Å². The lowest BCUT2D eigenvalue weighted by molar-refractivity contribution is -0.189. The van der Waals surface area contributed by atoms with Gasteiger partial charge in [0.1, 0.15) is 5.75 Å². The van der Waals surface area contributed by atoms with E-state index in [1.54, 1.807) is 31.2 Å². The highest BCUT2D eigenvalue weighted by atomic mass is 19.4. The van der Waals surface area contributed by atoms with E-state index in [1.807, 2.05) is 0 Å². The van der Waals surface area contributed by atoms with Crippen molar-refractivity contribution in [1.29, 1.82) is 0 Å². The summed E-state index contributed by atoms with van der Waals surface area (Å²) in [5.74, 6) is -1.17. The van der Waals surface area contributed by atoms with E-state index in [9.17, 15) is 18.3 Å². The van der Waals surface area contributed by atoms with E-state index in [-0.39, 0.29) is 18.2 Å². The van der Waals surface area contributed by atoms with Gasteiger partial charge in [-0.15, -0.1) is 0 Å². The molecule has 0 bridgehead atoms. The van der Waals surface area contributed by atoms with Gasteiger partial charge in [-0.2, -0.15) is 13.2 Å². The molecule has 1 aromatic carbocycles. The van der Waals surface area contributed by atoms with Crippen molar-refractivity contribution < 1.29 is 18.3 Å². The number of para-hydroxylation sites is 1. The first-order valence-electron chi connectivity index (χ1n) is 7.00. The predicted octanol–water partition coefficient (Wildman–Crippen LogP) is 4.16. The monoisotopic (exact) mass is 287 g/mol. The number of nitrogens with one attached hydrogen (secondary N) is 1. The number of alkyl halides is 3. The van der Waals surface area contributed by atoms with E-state index in [2.05, 4.69) is 5.32 Å². The van der Waals surface area contributed by atoms with Crippen LogP contribution in [0, 0.1) is 5.92 Å². The average molecular weight is 287 g/mol. The Balaban J connectivity index is 2.09. The molecule has 0 aromatic heterocycles. The first-order valence-corrected chi connectivity index (χ1v) is 7.00. The summed E-state index contributed by atoms with van der Waals surface area (Å²) >= 11 is 0. The Hall–Kier alpha value is -1.23. The van der Waals surface area contributed by atoms with Crippen LogP contribution in [0.1, 0.15) is 44.2 Å². The first kappa shape index (κ1) is 15.2. The maximum absolute atomic E-state index is 13.0. The van der Waals surface area contributed by atoms with Gasteiger partial charge in [-0.25, -0.2) is 0 Å². The summed E-state index contributed by atoms with van der Waals surface area (Å²) in [6.45, 7) is 1.79. The lowest BCUT2D eigenvalue weighted by Gasteiger charge is -2.35. The summed E-state index contributed by atoms with van der Waals surface area (Å²) in [5, 5.41) is 12.8. The van der Waals surface area contributed by atoms with E-state index in [0.29, 0.717) is 18.4 Å². The fourth-order valence-electron chi connectivity index (χ4n) is 2.99. The zero-order valence-corrected chi connectivity index (χ0v) is 11.5. The minimum Gasteiger partial charge on any atom is -0.508 e. The average Bonchev–Trinajstić information content (AvgIpc) is 2.38. The van der Waals surface area contributed by atoms with Gasteiger partial charge in [-0.1, -0.05) is 31.0 Å². The Kier molecular flexibility index (Phi) is 4.58. The molecule has 0 saturated heterocycles. The van der Waals surface area contributed by atoms with Crippen molar-refractivity contribution in [1.82, 2.24) is 5.32 Å². The molecule has 0 heterocycles. The summed E-state index contributed by atoms with van der Waals surface area (Å²) < 4.78 is 39.1. The molecule has 1 saturated carbocycles. The van der Waals surface area contributed by atoms with E-state index in [4.69, 9.17) is 0 Å². The van der Waals surface area contributed by atoms with Crippen LogP contribution in [-0.2, 0) is 0 Å². The molecule has 3 unspecified atom stereocenters. The maximum Gasteiger partial charge on any atom is 0.393 e. The lowest BCUT2D eigenvalue weighted by atomic mass is 9.83. The number of rotatable bonds is 3. The van der Waals surface area contributed by atoms with Crippen molar-refractivity contribution in [3.63, 3.8) is 0 Å². The second kappa shape index (κ2) is 6.04. The largest absolute Gasteiger partial charge is 0.508 e. The second-order valence-corrected chi connectivity index (χ2v) is 5.49. The van der Waals surface area contributed by atoms with Gasteiger partial charge < -0.3 is 10.4 Å². The van der Waals surface area contributed by atoms with Gasteiger partial charge in [0.2, 0.25) is 0 Å². The van der Waals surface area contributed by atoms with Gasteiger partial charge in [-0.3, -0.25) is 0 Å². The molecule has 1 aromatic rings. The van der Waals surface area contributed by atoms with Crippen molar-refractivity contribution in [2.24, 2.45) is 5.92 Å². The SMILES string of the molecule is CC(NC1CCCCC1C(F)(F)F)c1ccccc1O. The lowest BCUT2D eigenvalue weighted by Crippen LogP contribution is -2.46. The molecule has 1 aliphatic carbocycles. The molecule has 0 radical (unpaired) electrons. The Morgan fingerprint density at radius 2 is 1.85 bits per heavy atom. The normalized spacial score (nSPS) is 25.4. The summed E-state index contributed by atoms with van der Waals surface area (Å²) in [4.78, 5) is 0. The molecule has 2 rings (SSSR count). The van der Waals surface area contributed by atoms with Crippen LogP contribution in [0.15, 0.2) is 24.3 Å².